The molecule has 180 valence electrons. The van der Waals surface area contributed by atoms with Crippen LogP contribution >= 0.6 is 11.3 Å². The van der Waals surface area contributed by atoms with Crippen LogP contribution in [0.15, 0.2) is 47.8 Å². The van der Waals surface area contributed by atoms with Crippen molar-refractivity contribution in [2.75, 3.05) is 40.3 Å². The van der Waals surface area contributed by atoms with Crippen LogP contribution in [0.2, 0.25) is 0 Å². The first-order chi connectivity index (χ1) is 16.2. The molecule has 1 aromatic carbocycles. The summed E-state index contributed by atoms with van der Waals surface area (Å²) in [6.45, 7) is 7.06. The second-order valence-electron chi connectivity index (χ2n) is 10.2. The van der Waals surface area contributed by atoms with Gasteiger partial charge in [-0.2, -0.15) is 0 Å². The number of amides is 2. The number of thiophene rings is 1. The Hall–Kier alpha value is -2.77. The average Bonchev–Trinajstić information content (AvgIpc) is 3.36. The van der Waals surface area contributed by atoms with E-state index < -0.39 is 0 Å². The number of hydrogen-bond acceptors (Lipinski definition) is 5. The summed E-state index contributed by atoms with van der Waals surface area (Å²) in [6.07, 6.45) is 1.37. The molecule has 0 atom stereocenters. The topological polar surface area (TPSA) is 65.5 Å². The fourth-order valence-electron chi connectivity index (χ4n) is 4.80. The highest BCUT2D eigenvalue weighted by molar-refractivity contribution is 7.13. The SMILES string of the molecule is CN(C)CC(C)(C)CNC(=O)C1CCN(C(=O)c2cc(-c3cccs3)nc3ccccc23)CC1. The highest BCUT2D eigenvalue weighted by Crippen LogP contribution is 2.29. The first kappa shape index (κ1) is 24.4. The third kappa shape index (κ3) is 5.65. The van der Waals surface area contributed by atoms with E-state index >= 15 is 0 Å². The Bertz CT molecular complexity index is 1150. The summed E-state index contributed by atoms with van der Waals surface area (Å²) in [4.78, 5) is 36.2. The van der Waals surface area contributed by atoms with Crippen LogP contribution in [-0.4, -0.2) is 66.9 Å². The second-order valence-corrected chi connectivity index (χ2v) is 11.2. The third-order valence-corrected chi connectivity index (χ3v) is 7.25. The van der Waals surface area contributed by atoms with Crippen molar-refractivity contribution in [3.05, 3.63) is 53.4 Å². The minimum absolute atomic E-state index is 0.0124. The Morgan fingerprint density at radius 3 is 2.56 bits per heavy atom. The van der Waals surface area contributed by atoms with E-state index in [1.165, 1.54) is 0 Å². The molecule has 1 saturated heterocycles. The van der Waals surface area contributed by atoms with E-state index in [0.29, 0.717) is 38.0 Å². The molecule has 1 fully saturated rings. The fraction of sp³-hybridized carbons (Fsp3) is 0.444. The van der Waals surface area contributed by atoms with Crippen molar-refractivity contribution in [2.24, 2.45) is 11.3 Å². The van der Waals surface area contributed by atoms with Crippen molar-refractivity contribution in [1.82, 2.24) is 20.1 Å². The summed E-state index contributed by atoms with van der Waals surface area (Å²) < 4.78 is 0. The van der Waals surface area contributed by atoms with Gasteiger partial charge in [0, 0.05) is 37.5 Å². The lowest BCUT2D eigenvalue weighted by Crippen LogP contribution is -2.46. The summed E-state index contributed by atoms with van der Waals surface area (Å²) in [6, 6.07) is 13.8. The summed E-state index contributed by atoms with van der Waals surface area (Å²) in [7, 11) is 4.09. The molecule has 1 aliphatic heterocycles. The lowest BCUT2D eigenvalue weighted by molar-refractivity contribution is -0.126. The van der Waals surface area contributed by atoms with E-state index in [1.54, 1.807) is 11.3 Å². The first-order valence-electron chi connectivity index (χ1n) is 11.9. The van der Waals surface area contributed by atoms with E-state index in [9.17, 15) is 9.59 Å². The molecule has 0 spiro atoms. The normalized spacial score (nSPS) is 15.1. The quantitative estimate of drug-likeness (QED) is 0.542. The zero-order valence-electron chi connectivity index (χ0n) is 20.5. The molecule has 0 aliphatic carbocycles. The van der Waals surface area contributed by atoms with Crippen LogP contribution in [0.5, 0.6) is 0 Å². The van der Waals surface area contributed by atoms with E-state index in [4.69, 9.17) is 4.98 Å². The number of carbonyl (C=O) groups is 2. The van der Waals surface area contributed by atoms with Crippen molar-refractivity contribution in [1.29, 1.82) is 0 Å². The largest absolute Gasteiger partial charge is 0.355 e. The molecule has 0 bridgehead atoms. The minimum Gasteiger partial charge on any atom is -0.355 e. The highest BCUT2D eigenvalue weighted by Gasteiger charge is 2.30. The first-order valence-corrected chi connectivity index (χ1v) is 12.8. The maximum atomic E-state index is 13.6. The molecule has 0 unspecified atom stereocenters. The number of piperidine rings is 1. The van der Waals surface area contributed by atoms with E-state index in [0.717, 1.165) is 28.0 Å². The minimum atomic E-state index is -0.0462. The second kappa shape index (κ2) is 10.2. The van der Waals surface area contributed by atoms with Gasteiger partial charge in [-0.1, -0.05) is 38.1 Å². The maximum absolute atomic E-state index is 13.6. The van der Waals surface area contributed by atoms with Crippen molar-refractivity contribution in [2.45, 2.75) is 26.7 Å². The van der Waals surface area contributed by atoms with Gasteiger partial charge in [-0.25, -0.2) is 4.98 Å². The smallest absolute Gasteiger partial charge is 0.254 e. The summed E-state index contributed by atoms with van der Waals surface area (Å²) in [5.74, 6) is 0.0747. The standard InChI is InChI=1S/C27H34N4O2S/c1-27(2,18-30(3)4)17-28-25(32)19-11-13-31(14-12-19)26(33)21-16-23(24-10-7-15-34-24)29-22-9-6-5-8-20(21)22/h5-10,15-16,19H,11-14,17-18H2,1-4H3,(H,28,32). The van der Waals surface area contributed by atoms with E-state index in [1.807, 2.05) is 66.8 Å². The predicted molar refractivity (Wildman–Crippen MR) is 139 cm³/mol. The van der Waals surface area contributed by atoms with Crippen LogP contribution in [0.25, 0.3) is 21.5 Å². The number of para-hydroxylation sites is 1. The van der Waals surface area contributed by atoms with Crippen molar-refractivity contribution in [3.63, 3.8) is 0 Å². The number of rotatable bonds is 7. The number of hydrogen-bond donors (Lipinski definition) is 1. The van der Waals surface area contributed by atoms with Crippen molar-refractivity contribution >= 4 is 34.1 Å². The molecule has 2 aromatic heterocycles. The molecule has 3 heterocycles. The highest BCUT2D eigenvalue weighted by atomic mass is 32.1. The van der Waals surface area contributed by atoms with Gasteiger partial charge in [-0.05, 0) is 55.9 Å². The van der Waals surface area contributed by atoms with Crippen molar-refractivity contribution < 1.29 is 9.59 Å². The van der Waals surface area contributed by atoms with Gasteiger partial charge in [0.15, 0.2) is 0 Å². The molecule has 4 rings (SSSR count). The van der Waals surface area contributed by atoms with Gasteiger partial charge in [0.25, 0.3) is 5.91 Å². The zero-order chi connectivity index (χ0) is 24.3. The number of pyridine rings is 1. The molecule has 7 heteroatoms. The third-order valence-electron chi connectivity index (χ3n) is 6.36. The van der Waals surface area contributed by atoms with Crippen LogP contribution in [0.4, 0.5) is 0 Å². The Kier molecular flexibility index (Phi) is 7.33. The van der Waals surface area contributed by atoms with Crippen LogP contribution in [0, 0.1) is 11.3 Å². The Labute approximate surface area is 206 Å². The van der Waals surface area contributed by atoms with E-state index in [-0.39, 0.29) is 23.1 Å². The van der Waals surface area contributed by atoms with Crippen LogP contribution in [0.1, 0.15) is 37.0 Å². The van der Waals surface area contributed by atoms with Gasteiger partial charge < -0.3 is 15.1 Å². The molecular formula is C27H34N4O2S. The molecule has 1 N–H and O–H groups in total. The fourth-order valence-corrected chi connectivity index (χ4v) is 5.49. The molecule has 0 radical (unpaired) electrons. The average molecular weight is 479 g/mol. The van der Waals surface area contributed by atoms with Gasteiger partial charge in [0.2, 0.25) is 5.91 Å². The van der Waals surface area contributed by atoms with Gasteiger partial charge in [-0.15, -0.1) is 11.3 Å². The van der Waals surface area contributed by atoms with Crippen LogP contribution < -0.4 is 5.32 Å². The zero-order valence-corrected chi connectivity index (χ0v) is 21.3. The number of fused-ring (bicyclic) bond motifs is 1. The van der Waals surface area contributed by atoms with Gasteiger partial charge >= 0.3 is 0 Å². The number of nitrogens with zero attached hydrogens (tertiary/aromatic N) is 3. The van der Waals surface area contributed by atoms with E-state index in [2.05, 4.69) is 24.1 Å². The van der Waals surface area contributed by atoms with Gasteiger partial charge in [0.1, 0.15) is 0 Å². The predicted octanol–water partition coefficient (Wildman–Crippen LogP) is 4.52. The van der Waals surface area contributed by atoms with Crippen LogP contribution in [-0.2, 0) is 4.79 Å². The number of carbonyl (C=O) groups excluding carboxylic acids is 2. The number of benzene rings is 1. The Morgan fingerprint density at radius 1 is 1.15 bits per heavy atom. The Morgan fingerprint density at radius 2 is 1.88 bits per heavy atom. The monoisotopic (exact) mass is 478 g/mol. The lowest BCUT2D eigenvalue weighted by Gasteiger charge is -2.33. The van der Waals surface area contributed by atoms with Crippen molar-refractivity contribution in [3.8, 4) is 10.6 Å². The number of aromatic nitrogens is 1. The number of likely N-dealkylation sites (tertiary alicyclic amines) is 1. The van der Waals surface area contributed by atoms with Crippen LogP contribution in [0.3, 0.4) is 0 Å². The molecular weight excluding hydrogens is 444 g/mol. The molecule has 0 saturated carbocycles. The molecule has 34 heavy (non-hydrogen) atoms. The summed E-state index contributed by atoms with van der Waals surface area (Å²) >= 11 is 1.62. The maximum Gasteiger partial charge on any atom is 0.254 e. The molecule has 6 nitrogen and oxygen atoms in total. The van der Waals surface area contributed by atoms with Gasteiger partial charge in [-0.3, -0.25) is 9.59 Å². The summed E-state index contributed by atoms with van der Waals surface area (Å²) in [5.41, 5.74) is 2.35. The molecule has 2 amide bonds. The Balaban J connectivity index is 1.43. The van der Waals surface area contributed by atoms with Gasteiger partial charge in [0.05, 0.1) is 21.7 Å². The summed E-state index contributed by atoms with van der Waals surface area (Å²) in [5, 5.41) is 6.03. The molecule has 1 aliphatic rings. The molecule has 3 aromatic rings. The number of nitrogens with one attached hydrogen (secondary N) is 1. The lowest BCUT2D eigenvalue weighted by atomic mass is 9.91.